The van der Waals surface area contributed by atoms with Gasteiger partial charge in [0.1, 0.15) is 5.83 Å². The van der Waals surface area contributed by atoms with E-state index in [1.54, 1.807) is 0 Å². The molecule has 1 aliphatic rings. The molecule has 1 aliphatic carbocycles. The average molecular weight is 227 g/mol. The van der Waals surface area contributed by atoms with Crippen LogP contribution in [-0.2, 0) is 0 Å². The smallest absolute Gasteiger partial charge is 0.205 e. The van der Waals surface area contributed by atoms with Crippen LogP contribution < -0.4 is 0 Å². The van der Waals surface area contributed by atoms with Gasteiger partial charge in [0.05, 0.1) is 0 Å². The van der Waals surface area contributed by atoms with Crippen molar-refractivity contribution < 1.29 is 13.2 Å². The first-order chi connectivity index (χ1) is 6.00. The molecule has 0 radical (unpaired) electrons. The summed E-state index contributed by atoms with van der Waals surface area (Å²) in [6.07, 6.45) is 2.53. The van der Waals surface area contributed by atoms with Gasteiger partial charge < -0.3 is 0 Å². The summed E-state index contributed by atoms with van der Waals surface area (Å²) in [5.74, 6) is -1.93. The summed E-state index contributed by atoms with van der Waals surface area (Å²) in [5, 5.41) is -1.32. The molecule has 0 spiro atoms. The van der Waals surface area contributed by atoms with Crippen LogP contribution in [-0.4, -0.2) is 16.7 Å². The van der Waals surface area contributed by atoms with Crippen molar-refractivity contribution in [3.8, 4) is 0 Å². The van der Waals surface area contributed by atoms with E-state index in [4.69, 9.17) is 11.6 Å². The second-order valence-corrected chi connectivity index (χ2v) is 3.35. The average Bonchev–Trinajstić information content (AvgIpc) is 2.09. The number of allylic oxidation sites excluding steroid dienone is 4. The first-order valence-corrected chi connectivity index (χ1v) is 4.46. The highest BCUT2D eigenvalue weighted by molar-refractivity contribution is 7.80. The van der Waals surface area contributed by atoms with E-state index in [0.717, 1.165) is 18.2 Å². The summed E-state index contributed by atoms with van der Waals surface area (Å²) in [5.41, 5.74) is -2.44. The normalized spacial score (nSPS) is 32.9. The summed E-state index contributed by atoms with van der Waals surface area (Å²) in [4.78, 5) is 0. The first-order valence-electron chi connectivity index (χ1n) is 3.52. The predicted molar refractivity (Wildman–Crippen MR) is 50.1 cm³/mol. The third-order valence-corrected chi connectivity index (χ3v) is 2.50. The van der Waals surface area contributed by atoms with Crippen molar-refractivity contribution in [2.75, 3.05) is 5.88 Å². The van der Waals surface area contributed by atoms with E-state index < -0.39 is 22.5 Å². The summed E-state index contributed by atoms with van der Waals surface area (Å²) < 4.78 is 38.9. The quantitative estimate of drug-likeness (QED) is 0.396. The molecule has 72 valence electrons. The monoisotopic (exact) mass is 226 g/mol. The van der Waals surface area contributed by atoms with Gasteiger partial charge in [-0.2, -0.15) is 4.39 Å². The van der Waals surface area contributed by atoms with Crippen LogP contribution in [0.1, 0.15) is 0 Å². The maximum Gasteiger partial charge on any atom is 0.205 e. The Morgan fingerprint density at radius 1 is 1.69 bits per heavy atom. The van der Waals surface area contributed by atoms with E-state index in [9.17, 15) is 13.2 Å². The van der Waals surface area contributed by atoms with Crippen molar-refractivity contribution in [2.45, 2.75) is 5.67 Å². The number of alkyl halides is 2. The number of thiocarbonyl (C=S) groups is 1. The van der Waals surface area contributed by atoms with Crippen molar-refractivity contribution in [2.24, 2.45) is 5.92 Å². The van der Waals surface area contributed by atoms with Crippen LogP contribution in [0.15, 0.2) is 24.1 Å². The SMILES string of the molecule is FC(=S)C1(F)C=CC(F)=CC1CCl. The van der Waals surface area contributed by atoms with Gasteiger partial charge in [0, 0.05) is 11.8 Å². The summed E-state index contributed by atoms with van der Waals surface area (Å²) in [6.45, 7) is 0. The molecule has 2 atom stereocenters. The number of hydrogen-bond donors (Lipinski definition) is 0. The molecular weight excluding hydrogens is 221 g/mol. The third kappa shape index (κ3) is 1.94. The zero-order valence-corrected chi connectivity index (χ0v) is 8.01. The lowest BCUT2D eigenvalue weighted by Crippen LogP contribution is -2.38. The largest absolute Gasteiger partial charge is 0.230 e. The van der Waals surface area contributed by atoms with Gasteiger partial charge in [-0.3, -0.25) is 0 Å². The highest BCUT2D eigenvalue weighted by Gasteiger charge is 2.42. The topological polar surface area (TPSA) is 0 Å². The summed E-state index contributed by atoms with van der Waals surface area (Å²) >= 11 is 9.47. The molecule has 2 unspecified atom stereocenters. The molecule has 0 aromatic heterocycles. The lowest BCUT2D eigenvalue weighted by molar-refractivity contribution is 0.247. The van der Waals surface area contributed by atoms with Gasteiger partial charge in [-0.1, -0.05) is 0 Å². The fourth-order valence-corrected chi connectivity index (χ4v) is 1.59. The van der Waals surface area contributed by atoms with Gasteiger partial charge in [-0.25, -0.2) is 8.78 Å². The Morgan fingerprint density at radius 2 is 2.31 bits per heavy atom. The predicted octanol–water partition coefficient (Wildman–Crippen LogP) is 3.27. The highest BCUT2D eigenvalue weighted by Crippen LogP contribution is 2.34. The Kier molecular flexibility index (Phi) is 3.14. The molecule has 13 heavy (non-hydrogen) atoms. The van der Waals surface area contributed by atoms with Gasteiger partial charge in [-0.15, -0.1) is 11.6 Å². The van der Waals surface area contributed by atoms with E-state index >= 15 is 0 Å². The van der Waals surface area contributed by atoms with Crippen molar-refractivity contribution >= 4 is 28.9 Å². The van der Waals surface area contributed by atoms with Crippen LogP contribution in [0.3, 0.4) is 0 Å². The highest BCUT2D eigenvalue weighted by atomic mass is 35.5. The Balaban J connectivity index is 3.01. The molecule has 0 saturated carbocycles. The van der Waals surface area contributed by atoms with Crippen LogP contribution in [0, 0.1) is 5.92 Å². The molecule has 0 bridgehead atoms. The van der Waals surface area contributed by atoms with Crippen LogP contribution >= 0.6 is 23.8 Å². The Hall–Kier alpha value is -0.350. The minimum absolute atomic E-state index is 0.224. The van der Waals surface area contributed by atoms with E-state index in [2.05, 4.69) is 12.2 Å². The van der Waals surface area contributed by atoms with Gasteiger partial charge in [0.2, 0.25) is 5.12 Å². The molecule has 0 aliphatic heterocycles. The molecule has 0 heterocycles. The fourth-order valence-electron chi connectivity index (χ4n) is 1.06. The summed E-state index contributed by atoms with van der Waals surface area (Å²) in [7, 11) is 0. The van der Waals surface area contributed by atoms with Crippen LogP contribution in [0.4, 0.5) is 13.2 Å². The van der Waals surface area contributed by atoms with Gasteiger partial charge in [-0.05, 0) is 30.4 Å². The second kappa shape index (κ2) is 3.80. The molecule has 0 aromatic rings. The fraction of sp³-hybridized carbons (Fsp3) is 0.375. The standard InChI is InChI=1S/C8H6ClF3S/c9-4-5-3-6(10)1-2-8(5,12)7(11)13/h1-3,5H,4H2. The van der Waals surface area contributed by atoms with E-state index in [0.29, 0.717) is 0 Å². The van der Waals surface area contributed by atoms with Crippen molar-refractivity contribution in [1.82, 2.24) is 0 Å². The Morgan fingerprint density at radius 3 is 2.77 bits per heavy atom. The van der Waals surface area contributed by atoms with Crippen LogP contribution in [0.5, 0.6) is 0 Å². The van der Waals surface area contributed by atoms with Crippen LogP contribution in [0.2, 0.25) is 0 Å². The van der Waals surface area contributed by atoms with E-state index in [1.807, 2.05) is 0 Å². The third-order valence-electron chi connectivity index (χ3n) is 1.85. The molecule has 0 N–H and O–H groups in total. The minimum Gasteiger partial charge on any atom is -0.230 e. The second-order valence-electron chi connectivity index (χ2n) is 2.69. The van der Waals surface area contributed by atoms with Crippen molar-refractivity contribution in [1.29, 1.82) is 0 Å². The van der Waals surface area contributed by atoms with Crippen molar-refractivity contribution in [3.05, 3.63) is 24.1 Å². The maximum absolute atomic E-state index is 13.6. The van der Waals surface area contributed by atoms with Gasteiger partial charge >= 0.3 is 0 Å². The lowest BCUT2D eigenvalue weighted by Gasteiger charge is -2.27. The van der Waals surface area contributed by atoms with Gasteiger partial charge in [0.25, 0.3) is 0 Å². The molecular formula is C8H6ClF3S. The van der Waals surface area contributed by atoms with Crippen LogP contribution in [0.25, 0.3) is 0 Å². The molecule has 0 nitrogen and oxygen atoms in total. The Bertz CT molecular complexity index is 287. The molecule has 5 heteroatoms. The van der Waals surface area contributed by atoms with E-state index in [-0.39, 0.29) is 5.88 Å². The molecule has 1 rings (SSSR count). The number of hydrogen-bond acceptors (Lipinski definition) is 1. The minimum atomic E-state index is -2.44. The Labute approximate surface area is 84.1 Å². The molecule has 0 saturated heterocycles. The maximum atomic E-state index is 13.6. The lowest BCUT2D eigenvalue weighted by atomic mass is 9.87. The molecule has 0 aromatic carbocycles. The number of rotatable bonds is 2. The molecule has 0 amide bonds. The van der Waals surface area contributed by atoms with Gasteiger partial charge in [0.15, 0.2) is 5.67 Å². The first kappa shape index (κ1) is 10.7. The molecule has 0 fully saturated rings. The zero-order valence-electron chi connectivity index (χ0n) is 6.44. The summed E-state index contributed by atoms with van der Waals surface area (Å²) in [6, 6.07) is 0. The van der Waals surface area contributed by atoms with Crippen molar-refractivity contribution in [3.63, 3.8) is 0 Å². The zero-order chi connectivity index (χ0) is 10.1. The van der Waals surface area contributed by atoms with E-state index in [1.165, 1.54) is 0 Å². The number of halogens is 4.